The van der Waals surface area contributed by atoms with Crippen molar-refractivity contribution in [2.45, 2.75) is 18.8 Å². The fourth-order valence-electron chi connectivity index (χ4n) is 2.78. The highest BCUT2D eigenvalue weighted by Gasteiger charge is 2.27. The molecule has 0 radical (unpaired) electrons. The molecule has 2 heterocycles. The Morgan fingerprint density at radius 1 is 1.24 bits per heavy atom. The highest BCUT2D eigenvalue weighted by atomic mass is 16.2. The zero-order valence-electron chi connectivity index (χ0n) is 16.2. The summed E-state index contributed by atoms with van der Waals surface area (Å²) in [4.78, 5) is 37.5. The summed E-state index contributed by atoms with van der Waals surface area (Å²) < 4.78 is 0. The van der Waals surface area contributed by atoms with Crippen LogP contribution in [0.5, 0.6) is 0 Å². The van der Waals surface area contributed by atoms with E-state index in [1.54, 1.807) is 25.5 Å². The van der Waals surface area contributed by atoms with E-state index in [0.717, 1.165) is 24.8 Å². The summed E-state index contributed by atoms with van der Waals surface area (Å²) in [6.07, 6.45) is 7.61. The standard InChI is InChI=1S/C19H22N8O2/c1-21-16(18(28)22-2)15(7-20)27-19(29)17-14(25-12-8-23-10-24-9-12)6-5-13(26-17)11-3-4-11/h5-11,20-21,25H,3-4H2,1-2H3,(H,22,28)(H,27,29)/p+1. The number of quaternary nitrogens is 1. The van der Waals surface area contributed by atoms with Crippen molar-refractivity contribution in [3.05, 3.63) is 53.6 Å². The molecule has 3 rings (SSSR count). The third kappa shape index (κ3) is 4.79. The predicted octanol–water partition coefficient (Wildman–Crippen LogP) is 0.0228. The van der Waals surface area contributed by atoms with Gasteiger partial charge >= 0.3 is 5.91 Å². The van der Waals surface area contributed by atoms with Gasteiger partial charge in [0.1, 0.15) is 12.0 Å². The molecule has 2 aromatic heterocycles. The Bertz CT molecular complexity index is 954. The van der Waals surface area contributed by atoms with E-state index in [-0.39, 0.29) is 17.1 Å². The highest BCUT2D eigenvalue weighted by molar-refractivity contribution is 6.04. The first-order chi connectivity index (χ1) is 14.1. The maximum atomic E-state index is 13.0. The molecular weight excluding hydrogens is 372 g/mol. The number of allylic oxidation sites excluding steroid dienone is 1. The van der Waals surface area contributed by atoms with Gasteiger partial charge in [-0.25, -0.2) is 15.0 Å². The number of carbonyl (C=O) groups is 2. The summed E-state index contributed by atoms with van der Waals surface area (Å²) in [7, 11) is 3.15. The SMILES string of the molecule is CNC(=O)C([NH2+]C)=C(C=N)NC(=O)c1nc(C2CC2)ccc1Nc1cncnc1. The number of amides is 2. The lowest BCUT2D eigenvalue weighted by Gasteiger charge is -2.13. The highest BCUT2D eigenvalue weighted by Crippen LogP contribution is 2.39. The van der Waals surface area contributed by atoms with Gasteiger partial charge in [-0.1, -0.05) is 0 Å². The van der Waals surface area contributed by atoms with Gasteiger partial charge in [0.05, 0.1) is 30.8 Å². The van der Waals surface area contributed by atoms with Crippen molar-refractivity contribution in [2.24, 2.45) is 0 Å². The van der Waals surface area contributed by atoms with E-state index in [1.807, 2.05) is 6.07 Å². The number of nitrogens with one attached hydrogen (secondary N) is 4. The van der Waals surface area contributed by atoms with Gasteiger partial charge in [-0.15, -0.1) is 0 Å². The van der Waals surface area contributed by atoms with Crippen molar-refractivity contribution in [3.63, 3.8) is 0 Å². The van der Waals surface area contributed by atoms with Crippen LogP contribution in [0.4, 0.5) is 11.4 Å². The molecule has 0 bridgehead atoms. The number of anilines is 2. The minimum Gasteiger partial charge on any atom is -0.351 e. The van der Waals surface area contributed by atoms with Crippen LogP contribution in [0.25, 0.3) is 0 Å². The number of rotatable bonds is 8. The van der Waals surface area contributed by atoms with E-state index in [0.29, 0.717) is 17.3 Å². The first-order valence-corrected chi connectivity index (χ1v) is 9.17. The second-order valence-electron chi connectivity index (χ2n) is 6.45. The smallest absolute Gasteiger partial charge is 0.307 e. The van der Waals surface area contributed by atoms with Crippen molar-refractivity contribution >= 4 is 29.4 Å². The van der Waals surface area contributed by atoms with Gasteiger partial charge in [-0.05, 0) is 25.0 Å². The lowest BCUT2D eigenvalue weighted by atomic mass is 10.2. The fraction of sp³-hybridized carbons (Fsp3) is 0.263. The molecule has 1 aliphatic rings. The molecule has 1 aliphatic carbocycles. The molecule has 1 fully saturated rings. The molecule has 0 saturated heterocycles. The predicted molar refractivity (Wildman–Crippen MR) is 107 cm³/mol. The van der Waals surface area contributed by atoms with Crippen LogP contribution in [-0.2, 0) is 4.79 Å². The van der Waals surface area contributed by atoms with E-state index >= 15 is 0 Å². The number of hydrogen-bond acceptors (Lipinski definition) is 7. The summed E-state index contributed by atoms with van der Waals surface area (Å²) >= 11 is 0. The molecule has 10 heteroatoms. The first kappa shape index (κ1) is 20.1. The van der Waals surface area contributed by atoms with Crippen LogP contribution in [0.1, 0.15) is 34.9 Å². The fourth-order valence-corrected chi connectivity index (χ4v) is 2.78. The summed E-state index contributed by atoms with van der Waals surface area (Å²) in [5, 5.41) is 17.4. The quantitative estimate of drug-likeness (QED) is 0.314. The first-order valence-electron chi connectivity index (χ1n) is 9.17. The molecular formula is C19H23N8O2+. The second-order valence-corrected chi connectivity index (χ2v) is 6.45. The zero-order chi connectivity index (χ0) is 20.8. The molecule has 1 saturated carbocycles. The van der Waals surface area contributed by atoms with Crippen molar-refractivity contribution in [1.29, 1.82) is 5.41 Å². The van der Waals surface area contributed by atoms with E-state index in [9.17, 15) is 9.59 Å². The van der Waals surface area contributed by atoms with E-state index in [2.05, 4.69) is 30.9 Å². The summed E-state index contributed by atoms with van der Waals surface area (Å²) in [5.74, 6) is -0.557. The Hall–Kier alpha value is -3.66. The van der Waals surface area contributed by atoms with Gasteiger partial charge < -0.3 is 26.7 Å². The molecule has 150 valence electrons. The summed E-state index contributed by atoms with van der Waals surface area (Å²) in [5.41, 5.74) is 2.39. The lowest BCUT2D eigenvalue weighted by molar-refractivity contribution is -0.570. The van der Waals surface area contributed by atoms with E-state index in [4.69, 9.17) is 5.41 Å². The molecule has 0 aliphatic heterocycles. The third-order valence-electron chi connectivity index (χ3n) is 4.41. The van der Waals surface area contributed by atoms with Gasteiger partial charge in [0.25, 0.3) is 5.91 Å². The topological polar surface area (TPSA) is 149 Å². The Morgan fingerprint density at radius 3 is 2.55 bits per heavy atom. The van der Waals surface area contributed by atoms with E-state index < -0.39 is 11.8 Å². The van der Waals surface area contributed by atoms with Crippen molar-refractivity contribution in [1.82, 2.24) is 25.6 Å². The largest absolute Gasteiger partial charge is 0.351 e. The maximum Gasteiger partial charge on any atom is 0.307 e. The third-order valence-corrected chi connectivity index (χ3v) is 4.41. The maximum absolute atomic E-state index is 13.0. The van der Waals surface area contributed by atoms with Crippen molar-refractivity contribution in [3.8, 4) is 0 Å². The molecule has 0 aromatic carbocycles. The van der Waals surface area contributed by atoms with Gasteiger partial charge in [0.2, 0.25) is 5.70 Å². The molecule has 2 amide bonds. The number of nitrogens with two attached hydrogens (primary N) is 1. The molecule has 0 atom stereocenters. The Labute approximate surface area is 167 Å². The summed E-state index contributed by atoms with van der Waals surface area (Å²) in [6.45, 7) is 0. The molecule has 0 spiro atoms. The minimum atomic E-state index is -0.520. The molecule has 6 N–H and O–H groups in total. The average Bonchev–Trinajstić information content (AvgIpc) is 3.59. The Morgan fingerprint density at radius 2 is 1.97 bits per heavy atom. The Balaban J connectivity index is 1.95. The van der Waals surface area contributed by atoms with Crippen molar-refractivity contribution in [2.75, 3.05) is 19.4 Å². The van der Waals surface area contributed by atoms with Crippen LogP contribution < -0.4 is 21.3 Å². The normalized spacial score (nSPS) is 13.9. The Kier molecular flexibility index (Phi) is 6.25. The lowest BCUT2D eigenvalue weighted by Crippen LogP contribution is -2.80. The number of hydrogen-bond donors (Lipinski definition) is 5. The van der Waals surface area contributed by atoms with Crippen molar-refractivity contribution < 1.29 is 14.9 Å². The molecule has 10 nitrogen and oxygen atoms in total. The number of carbonyl (C=O) groups excluding carboxylic acids is 2. The minimum absolute atomic E-state index is 0.0875. The van der Waals surface area contributed by atoms with Crippen LogP contribution in [-0.4, -0.2) is 47.1 Å². The van der Waals surface area contributed by atoms with Crippen LogP contribution in [0, 0.1) is 5.41 Å². The van der Waals surface area contributed by atoms with Gasteiger partial charge in [-0.3, -0.25) is 9.59 Å². The monoisotopic (exact) mass is 395 g/mol. The average molecular weight is 395 g/mol. The number of likely N-dealkylation sites (N-methyl/N-ethyl adjacent to an activating group) is 2. The van der Waals surface area contributed by atoms with Gasteiger partial charge in [-0.2, -0.15) is 0 Å². The number of pyridine rings is 1. The van der Waals surface area contributed by atoms with Crippen LogP contribution in [0.2, 0.25) is 0 Å². The second kappa shape index (κ2) is 9.02. The summed E-state index contributed by atoms with van der Waals surface area (Å²) in [6, 6.07) is 3.69. The van der Waals surface area contributed by atoms with E-state index in [1.165, 1.54) is 18.7 Å². The van der Waals surface area contributed by atoms with Crippen LogP contribution in [0.15, 0.2) is 42.2 Å². The van der Waals surface area contributed by atoms with Crippen LogP contribution in [0.3, 0.4) is 0 Å². The molecule has 2 aromatic rings. The zero-order valence-corrected chi connectivity index (χ0v) is 16.2. The van der Waals surface area contributed by atoms with Gasteiger partial charge in [0, 0.05) is 24.9 Å². The van der Waals surface area contributed by atoms with Gasteiger partial charge in [0.15, 0.2) is 5.69 Å². The number of aromatic nitrogens is 3. The molecule has 29 heavy (non-hydrogen) atoms. The molecule has 0 unspecified atom stereocenters. The number of nitrogens with zero attached hydrogens (tertiary/aromatic N) is 3. The van der Waals surface area contributed by atoms with Crippen LogP contribution >= 0.6 is 0 Å².